The number of carbonyl (C=O) groups excluding carboxylic acids is 2. The summed E-state index contributed by atoms with van der Waals surface area (Å²) in [5.74, 6) is -0.267. The molecular formula is C27H25ClN2O2. The lowest BCUT2D eigenvalue weighted by molar-refractivity contribution is -0.127. The Morgan fingerprint density at radius 3 is 2.31 bits per heavy atom. The molecule has 162 valence electrons. The molecule has 4 nitrogen and oxygen atoms in total. The molecule has 0 saturated carbocycles. The quantitative estimate of drug-likeness (QED) is 0.509. The molecule has 1 heterocycles. The standard InChI is InChI=1S/C27H25ClN2O2/c1-18-8-7-11-24(20(18)3)29-17-25(31)30(23-14-12-22(28)13-15-23)26(27(29)32)19(2)16-21-9-5-4-6-10-21/h4-16,26H,17H2,1-3H3/b19-16+. The number of nitrogens with zero attached hydrogens (tertiary/aromatic N) is 2. The molecule has 1 aliphatic heterocycles. The zero-order valence-corrected chi connectivity index (χ0v) is 19.1. The molecule has 0 aliphatic carbocycles. The van der Waals surface area contributed by atoms with E-state index in [4.69, 9.17) is 11.6 Å². The van der Waals surface area contributed by atoms with Crippen LogP contribution in [0.3, 0.4) is 0 Å². The molecule has 4 rings (SSSR count). The lowest BCUT2D eigenvalue weighted by atomic mass is 9.97. The van der Waals surface area contributed by atoms with Crippen molar-refractivity contribution in [3.05, 3.63) is 100 Å². The van der Waals surface area contributed by atoms with E-state index in [9.17, 15) is 9.59 Å². The first-order chi connectivity index (χ1) is 15.4. The fourth-order valence-corrected chi connectivity index (χ4v) is 4.23. The van der Waals surface area contributed by atoms with Crippen LogP contribution in [-0.2, 0) is 9.59 Å². The van der Waals surface area contributed by atoms with Crippen molar-refractivity contribution in [2.45, 2.75) is 26.8 Å². The summed E-state index contributed by atoms with van der Waals surface area (Å²) < 4.78 is 0. The van der Waals surface area contributed by atoms with Gasteiger partial charge in [0.1, 0.15) is 12.6 Å². The highest BCUT2D eigenvalue weighted by Gasteiger charge is 2.42. The fraction of sp³-hybridized carbons (Fsp3) is 0.185. The minimum atomic E-state index is -0.752. The molecular weight excluding hydrogens is 420 g/mol. The minimum absolute atomic E-state index is 0.0130. The van der Waals surface area contributed by atoms with Gasteiger partial charge in [-0.25, -0.2) is 0 Å². The lowest BCUT2D eigenvalue weighted by Gasteiger charge is -2.41. The van der Waals surface area contributed by atoms with Gasteiger partial charge in [0.15, 0.2) is 0 Å². The van der Waals surface area contributed by atoms with Crippen LogP contribution in [0.2, 0.25) is 5.02 Å². The van der Waals surface area contributed by atoms with Crippen molar-refractivity contribution in [3.63, 3.8) is 0 Å². The predicted molar refractivity (Wildman–Crippen MR) is 131 cm³/mol. The summed E-state index contributed by atoms with van der Waals surface area (Å²) in [6.07, 6.45) is 1.96. The fourth-order valence-electron chi connectivity index (χ4n) is 4.11. The van der Waals surface area contributed by atoms with E-state index in [2.05, 4.69) is 0 Å². The Morgan fingerprint density at radius 2 is 1.62 bits per heavy atom. The van der Waals surface area contributed by atoms with Crippen molar-refractivity contribution in [1.29, 1.82) is 0 Å². The number of piperazine rings is 1. The molecule has 3 aromatic rings. The topological polar surface area (TPSA) is 40.6 Å². The van der Waals surface area contributed by atoms with Crippen LogP contribution in [0.4, 0.5) is 11.4 Å². The summed E-state index contributed by atoms with van der Waals surface area (Å²) >= 11 is 6.07. The van der Waals surface area contributed by atoms with Crippen molar-refractivity contribution < 1.29 is 9.59 Å². The van der Waals surface area contributed by atoms with Gasteiger partial charge in [0, 0.05) is 16.4 Å². The Balaban J connectivity index is 1.82. The average molecular weight is 445 g/mol. The molecule has 0 radical (unpaired) electrons. The second-order valence-electron chi connectivity index (χ2n) is 8.09. The van der Waals surface area contributed by atoms with E-state index >= 15 is 0 Å². The van der Waals surface area contributed by atoms with Crippen LogP contribution in [0.1, 0.15) is 23.6 Å². The number of hydrogen-bond donors (Lipinski definition) is 0. The van der Waals surface area contributed by atoms with Crippen LogP contribution in [0, 0.1) is 13.8 Å². The highest BCUT2D eigenvalue weighted by Crippen LogP contribution is 2.32. The summed E-state index contributed by atoms with van der Waals surface area (Å²) in [6, 6.07) is 21.9. The Bertz CT molecular complexity index is 1190. The van der Waals surface area contributed by atoms with Gasteiger partial charge < -0.3 is 4.90 Å². The van der Waals surface area contributed by atoms with Gasteiger partial charge >= 0.3 is 0 Å². The van der Waals surface area contributed by atoms with Crippen LogP contribution >= 0.6 is 11.6 Å². The Kier molecular flexibility index (Phi) is 6.15. The maximum Gasteiger partial charge on any atom is 0.254 e. The van der Waals surface area contributed by atoms with Crippen LogP contribution < -0.4 is 9.80 Å². The summed E-state index contributed by atoms with van der Waals surface area (Å²) in [4.78, 5) is 30.5. The van der Waals surface area contributed by atoms with E-state index < -0.39 is 6.04 Å². The van der Waals surface area contributed by atoms with Crippen molar-refractivity contribution in [3.8, 4) is 0 Å². The van der Waals surface area contributed by atoms with E-state index in [1.54, 1.807) is 34.1 Å². The molecule has 0 aromatic heterocycles. The smallest absolute Gasteiger partial charge is 0.254 e. The zero-order valence-electron chi connectivity index (χ0n) is 18.4. The molecule has 0 spiro atoms. The van der Waals surface area contributed by atoms with Crippen LogP contribution in [0.25, 0.3) is 6.08 Å². The van der Waals surface area contributed by atoms with Gasteiger partial charge in [-0.2, -0.15) is 0 Å². The van der Waals surface area contributed by atoms with Gasteiger partial charge in [-0.1, -0.05) is 60.1 Å². The first kappa shape index (κ1) is 21.8. The van der Waals surface area contributed by atoms with Gasteiger partial charge in [0.2, 0.25) is 5.91 Å². The second-order valence-corrected chi connectivity index (χ2v) is 8.52. The van der Waals surface area contributed by atoms with Crippen LogP contribution in [0.15, 0.2) is 78.4 Å². The van der Waals surface area contributed by atoms with E-state index in [-0.39, 0.29) is 18.4 Å². The monoisotopic (exact) mass is 444 g/mol. The number of rotatable bonds is 4. The first-order valence-corrected chi connectivity index (χ1v) is 10.9. The zero-order chi connectivity index (χ0) is 22.8. The summed E-state index contributed by atoms with van der Waals surface area (Å²) in [7, 11) is 0. The van der Waals surface area contributed by atoms with Crippen molar-refractivity contribution in [2.24, 2.45) is 0 Å². The van der Waals surface area contributed by atoms with Crippen molar-refractivity contribution in [2.75, 3.05) is 16.3 Å². The Morgan fingerprint density at radius 1 is 0.938 bits per heavy atom. The van der Waals surface area contributed by atoms with E-state index in [1.807, 2.05) is 75.4 Å². The summed E-state index contributed by atoms with van der Waals surface area (Å²) in [6.45, 7) is 5.88. The molecule has 0 bridgehead atoms. The molecule has 2 amide bonds. The number of aryl methyl sites for hydroxylation is 1. The number of benzene rings is 3. The van der Waals surface area contributed by atoms with Gasteiger partial charge in [0.05, 0.1) is 0 Å². The molecule has 5 heteroatoms. The molecule has 1 unspecified atom stereocenters. The van der Waals surface area contributed by atoms with Crippen LogP contribution in [0.5, 0.6) is 0 Å². The number of amides is 2. The molecule has 3 aromatic carbocycles. The molecule has 32 heavy (non-hydrogen) atoms. The van der Waals surface area contributed by atoms with Gasteiger partial charge in [0.25, 0.3) is 5.91 Å². The highest BCUT2D eigenvalue weighted by atomic mass is 35.5. The van der Waals surface area contributed by atoms with Gasteiger partial charge in [-0.3, -0.25) is 14.5 Å². The molecule has 1 aliphatic rings. The number of hydrogen-bond acceptors (Lipinski definition) is 2. The normalized spacial score (nSPS) is 17.1. The van der Waals surface area contributed by atoms with Gasteiger partial charge in [-0.15, -0.1) is 0 Å². The van der Waals surface area contributed by atoms with E-state index in [0.717, 1.165) is 28.0 Å². The van der Waals surface area contributed by atoms with Gasteiger partial charge in [-0.05, 0) is 73.4 Å². The SMILES string of the molecule is C/C(=C\c1ccccc1)C1C(=O)N(c2cccc(C)c2C)CC(=O)N1c1ccc(Cl)cc1. The lowest BCUT2D eigenvalue weighted by Crippen LogP contribution is -2.61. The third-order valence-electron chi connectivity index (χ3n) is 5.92. The second kappa shape index (κ2) is 9.01. The summed E-state index contributed by atoms with van der Waals surface area (Å²) in [5, 5.41) is 0.578. The Labute approximate surface area is 193 Å². The molecule has 0 N–H and O–H groups in total. The maximum atomic E-state index is 13.9. The average Bonchev–Trinajstić information content (AvgIpc) is 2.78. The minimum Gasteiger partial charge on any atom is -0.301 e. The predicted octanol–water partition coefficient (Wildman–Crippen LogP) is 5.81. The Hall–Kier alpha value is -3.37. The molecule has 1 saturated heterocycles. The number of carbonyl (C=O) groups is 2. The molecule has 1 fully saturated rings. The first-order valence-electron chi connectivity index (χ1n) is 10.6. The largest absolute Gasteiger partial charge is 0.301 e. The third-order valence-corrected chi connectivity index (χ3v) is 6.17. The maximum absolute atomic E-state index is 13.9. The third kappa shape index (κ3) is 4.19. The van der Waals surface area contributed by atoms with Crippen molar-refractivity contribution in [1.82, 2.24) is 0 Å². The highest BCUT2D eigenvalue weighted by molar-refractivity contribution is 6.30. The molecule has 1 atom stereocenters. The van der Waals surface area contributed by atoms with E-state index in [1.165, 1.54) is 0 Å². The van der Waals surface area contributed by atoms with Crippen molar-refractivity contribution >= 4 is 40.9 Å². The number of anilines is 2. The summed E-state index contributed by atoms with van der Waals surface area (Å²) in [5.41, 5.74) is 5.27. The number of halogens is 1. The van der Waals surface area contributed by atoms with Crippen LogP contribution in [-0.4, -0.2) is 24.4 Å². The van der Waals surface area contributed by atoms with E-state index in [0.29, 0.717) is 10.7 Å².